The summed E-state index contributed by atoms with van der Waals surface area (Å²) in [5.74, 6) is -0.584. The van der Waals surface area contributed by atoms with Crippen molar-refractivity contribution in [3.05, 3.63) is 63.0 Å². The van der Waals surface area contributed by atoms with Crippen LogP contribution in [-0.2, 0) is 0 Å². The third-order valence-corrected chi connectivity index (χ3v) is 3.03. The first-order valence-electron chi connectivity index (χ1n) is 6.67. The standard InChI is InChI=1S/C16H16N2O4/c1-9-4-6-12(7-5-9)15(21)17-18-16-14(11(3)19)13(20)8-10(2)22-16/h4-8,18H,1-3H3,(H,17,21). The second-order valence-corrected chi connectivity index (χ2v) is 4.93. The Hall–Kier alpha value is -2.89. The number of benzene rings is 1. The molecule has 0 atom stereocenters. The minimum Gasteiger partial charge on any atom is -0.443 e. The Balaban J connectivity index is 2.21. The maximum absolute atomic E-state index is 12.0. The number of ketones is 1. The molecule has 0 aliphatic heterocycles. The third kappa shape index (κ3) is 3.41. The highest BCUT2D eigenvalue weighted by Gasteiger charge is 2.16. The fourth-order valence-corrected chi connectivity index (χ4v) is 1.92. The molecule has 0 spiro atoms. The molecular weight excluding hydrogens is 284 g/mol. The first-order valence-corrected chi connectivity index (χ1v) is 6.67. The molecule has 0 saturated heterocycles. The highest BCUT2D eigenvalue weighted by molar-refractivity contribution is 5.99. The zero-order valence-corrected chi connectivity index (χ0v) is 12.5. The summed E-state index contributed by atoms with van der Waals surface area (Å²) in [5, 5.41) is 0. The topological polar surface area (TPSA) is 88.4 Å². The lowest BCUT2D eigenvalue weighted by atomic mass is 10.1. The predicted octanol–water partition coefficient (Wildman–Crippen LogP) is 2.22. The van der Waals surface area contributed by atoms with Gasteiger partial charge in [-0.15, -0.1) is 0 Å². The van der Waals surface area contributed by atoms with E-state index in [1.54, 1.807) is 19.1 Å². The fourth-order valence-electron chi connectivity index (χ4n) is 1.92. The number of carbonyl (C=O) groups is 2. The van der Waals surface area contributed by atoms with Gasteiger partial charge in [0, 0.05) is 11.6 Å². The first kappa shape index (κ1) is 15.5. The van der Waals surface area contributed by atoms with Crippen LogP contribution in [0.15, 0.2) is 39.5 Å². The predicted molar refractivity (Wildman–Crippen MR) is 82.0 cm³/mol. The molecule has 0 fully saturated rings. The van der Waals surface area contributed by atoms with E-state index in [1.165, 1.54) is 13.0 Å². The molecule has 6 nitrogen and oxygen atoms in total. The van der Waals surface area contributed by atoms with Gasteiger partial charge in [0.1, 0.15) is 11.3 Å². The van der Waals surface area contributed by atoms with Crippen LogP contribution in [0.3, 0.4) is 0 Å². The molecule has 2 aromatic rings. The summed E-state index contributed by atoms with van der Waals surface area (Å²) in [5.41, 5.74) is 5.80. The van der Waals surface area contributed by atoms with Gasteiger partial charge in [-0.1, -0.05) is 17.7 Å². The van der Waals surface area contributed by atoms with Gasteiger partial charge in [-0.3, -0.25) is 25.2 Å². The van der Waals surface area contributed by atoms with Crippen molar-refractivity contribution in [1.29, 1.82) is 0 Å². The summed E-state index contributed by atoms with van der Waals surface area (Å²) in [6.45, 7) is 4.76. The zero-order chi connectivity index (χ0) is 16.3. The molecule has 0 bridgehead atoms. The zero-order valence-electron chi connectivity index (χ0n) is 12.5. The second kappa shape index (κ2) is 6.26. The summed E-state index contributed by atoms with van der Waals surface area (Å²) in [6.07, 6.45) is 0. The molecule has 1 amide bonds. The molecular formula is C16H16N2O4. The maximum atomic E-state index is 12.0. The number of aryl methyl sites for hydroxylation is 2. The number of carbonyl (C=O) groups excluding carboxylic acids is 2. The second-order valence-electron chi connectivity index (χ2n) is 4.93. The molecule has 2 rings (SSSR count). The van der Waals surface area contributed by atoms with Gasteiger partial charge in [-0.25, -0.2) is 0 Å². The molecule has 0 aliphatic rings. The Bertz CT molecular complexity index is 776. The lowest BCUT2D eigenvalue weighted by Crippen LogP contribution is -2.31. The van der Waals surface area contributed by atoms with Crippen molar-refractivity contribution in [3.8, 4) is 0 Å². The molecule has 0 unspecified atom stereocenters. The average Bonchev–Trinajstić information content (AvgIpc) is 2.44. The number of hydrogen-bond donors (Lipinski definition) is 2. The van der Waals surface area contributed by atoms with Gasteiger partial charge in [0.15, 0.2) is 11.2 Å². The smallest absolute Gasteiger partial charge is 0.269 e. The molecule has 114 valence electrons. The van der Waals surface area contributed by atoms with Gasteiger partial charge >= 0.3 is 0 Å². The Morgan fingerprint density at radius 2 is 1.73 bits per heavy atom. The third-order valence-electron chi connectivity index (χ3n) is 3.03. The van der Waals surface area contributed by atoms with Crippen LogP contribution in [0.5, 0.6) is 0 Å². The summed E-state index contributed by atoms with van der Waals surface area (Å²) in [6, 6.07) is 8.18. The van der Waals surface area contributed by atoms with Crippen molar-refractivity contribution in [1.82, 2.24) is 5.43 Å². The summed E-state index contributed by atoms with van der Waals surface area (Å²) in [7, 11) is 0. The molecule has 0 aliphatic carbocycles. The van der Waals surface area contributed by atoms with E-state index in [2.05, 4.69) is 10.9 Å². The van der Waals surface area contributed by atoms with Crippen molar-refractivity contribution in [2.45, 2.75) is 20.8 Å². The van der Waals surface area contributed by atoms with Crippen molar-refractivity contribution in [3.63, 3.8) is 0 Å². The fraction of sp³-hybridized carbons (Fsp3) is 0.188. The minimum atomic E-state index is -0.455. The van der Waals surface area contributed by atoms with Crippen molar-refractivity contribution in [2.24, 2.45) is 0 Å². The molecule has 0 radical (unpaired) electrons. The minimum absolute atomic E-state index is 0.0713. The van der Waals surface area contributed by atoms with Gasteiger partial charge in [0.05, 0.1) is 0 Å². The molecule has 1 heterocycles. The molecule has 0 saturated carbocycles. The van der Waals surface area contributed by atoms with Crippen LogP contribution < -0.4 is 16.3 Å². The number of hydrazine groups is 1. The van der Waals surface area contributed by atoms with E-state index in [9.17, 15) is 14.4 Å². The number of nitrogens with one attached hydrogen (secondary N) is 2. The van der Waals surface area contributed by atoms with E-state index in [4.69, 9.17) is 4.42 Å². The average molecular weight is 300 g/mol. The Morgan fingerprint density at radius 3 is 2.32 bits per heavy atom. The van der Waals surface area contributed by atoms with Crippen LogP contribution in [0.4, 0.5) is 5.88 Å². The van der Waals surface area contributed by atoms with E-state index in [0.29, 0.717) is 11.3 Å². The van der Waals surface area contributed by atoms with Crippen LogP contribution in [0.2, 0.25) is 0 Å². The van der Waals surface area contributed by atoms with E-state index in [-0.39, 0.29) is 11.4 Å². The highest BCUT2D eigenvalue weighted by Crippen LogP contribution is 2.13. The van der Waals surface area contributed by atoms with E-state index >= 15 is 0 Å². The lowest BCUT2D eigenvalue weighted by molar-refractivity contribution is 0.0957. The van der Waals surface area contributed by atoms with Crippen molar-refractivity contribution in [2.75, 3.05) is 5.43 Å². The quantitative estimate of drug-likeness (QED) is 0.667. The summed E-state index contributed by atoms with van der Waals surface area (Å²) < 4.78 is 5.31. The maximum Gasteiger partial charge on any atom is 0.269 e. The monoisotopic (exact) mass is 300 g/mol. The Labute approximate surface area is 127 Å². The van der Waals surface area contributed by atoms with Crippen LogP contribution in [0.1, 0.15) is 39.0 Å². The molecule has 2 N–H and O–H groups in total. The SMILES string of the molecule is CC(=O)c1c(NNC(=O)c2ccc(C)cc2)oc(C)cc1=O. The van der Waals surface area contributed by atoms with E-state index < -0.39 is 17.1 Å². The normalized spacial score (nSPS) is 10.1. The Kier molecular flexibility index (Phi) is 4.41. The molecule has 1 aromatic heterocycles. The number of amides is 1. The van der Waals surface area contributed by atoms with Gasteiger partial charge in [0.2, 0.25) is 5.88 Å². The Morgan fingerprint density at radius 1 is 1.09 bits per heavy atom. The van der Waals surface area contributed by atoms with Crippen molar-refractivity contribution >= 4 is 17.6 Å². The number of Topliss-reactive ketones (excluding diaryl/α,β-unsaturated/α-hetero) is 1. The number of anilines is 1. The highest BCUT2D eigenvalue weighted by atomic mass is 16.4. The largest absolute Gasteiger partial charge is 0.443 e. The molecule has 1 aromatic carbocycles. The van der Waals surface area contributed by atoms with Crippen molar-refractivity contribution < 1.29 is 14.0 Å². The summed E-state index contributed by atoms with van der Waals surface area (Å²) in [4.78, 5) is 35.4. The lowest BCUT2D eigenvalue weighted by Gasteiger charge is -2.10. The van der Waals surface area contributed by atoms with Gasteiger partial charge in [0.25, 0.3) is 5.91 Å². The first-order chi connectivity index (χ1) is 10.4. The number of rotatable bonds is 4. The van der Waals surface area contributed by atoms with Crippen LogP contribution in [0.25, 0.3) is 0 Å². The van der Waals surface area contributed by atoms with Crippen LogP contribution in [-0.4, -0.2) is 11.7 Å². The van der Waals surface area contributed by atoms with E-state index in [0.717, 1.165) is 5.56 Å². The van der Waals surface area contributed by atoms with E-state index in [1.807, 2.05) is 19.1 Å². The number of hydrogen-bond acceptors (Lipinski definition) is 5. The van der Waals surface area contributed by atoms with Crippen LogP contribution >= 0.6 is 0 Å². The van der Waals surface area contributed by atoms with Gasteiger partial charge in [-0.05, 0) is 32.9 Å². The molecule has 22 heavy (non-hydrogen) atoms. The van der Waals surface area contributed by atoms with Gasteiger partial charge in [-0.2, -0.15) is 0 Å². The molecule has 6 heteroatoms. The van der Waals surface area contributed by atoms with Gasteiger partial charge < -0.3 is 4.42 Å². The summed E-state index contributed by atoms with van der Waals surface area (Å²) >= 11 is 0. The van der Waals surface area contributed by atoms with Crippen LogP contribution in [0, 0.1) is 13.8 Å².